The fourth-order valence-electron chi connectivity index (χ4n) is 2.13. The molecule has 2 N–H and O–H groups in total. The third kappa shape index (κ3) is 3.51. The number of aromatic nitrogens is 3. The Balaban J connectivity index is 2.04. The number of nitrogens with zero attached hydrogens (tertiary/aromatic N) is 3. The predicted molar refractivity (Wildman–Crippen MR) is 76.0 cm³/mol. The van der Waals surface area contributed by atoms with Crippen LogP contribution < -0.4 is 5.73 Å². The summed E-state index contributed by atoms with van der Waals surface area (Å²) in [5, 5.41) is 8.36. The molecular formula is C11H18N4O3S2. The molecular weight excluding hydrogens is 300 g/mol. The summed E-state index contributed by atoms with van der Waals surface area (Å²) >= 11 is 1.25. The molecule has 1 aliphatic rings. The fraction of sp³-hybridized carbons (Fsp3) is 0.727. The Morgan fingerprint density at radius 2 is 2.25 bits per heavy atom. The third-order valence-electron chi connectivity index (χ3n) is 3.41. The molecule has 0 saturated carbocycles. The van der Waals surface area contributed by atoms with Gasteiger partial charge in [-0.25, -0.2) is 8.42 Å². The van der Waals surface area contributed by atoms with E-state index in [9.17, 15) is 13.2 Å². The molecule has 2 heterocycles. The maximum absolute atomic E-state index is 11.4. The minimum absolute atomic E-state index is 0.106. The summed E-state index contributed by atoms with van der Waals surface area (Å²) in [5.74, 6) is 0.928. The van der Waals surface area contributed by atoms with Crippen molar-refractivity contribution in [2.75, 3.05) is 11.5 Å². The first-order valence-electron chi connectivity index (χ1n) is 6.33. The topological polar surface area (TPSA) is 108 Å². The van der Waals surface area contributed by atoms with E-state index in [2.05, 4.69) is 10.2 Å². The van der Waals surface area contributed by atoms with E-state index in [1.165, 1.54) is 11.8 Å². The molecule has 20 heavy (non-hydrogen) atoms. The van der Waals surface area contributed by atoms with Crippen molar-refractivity contribution in [2.45, 2.75) is 30.2 Å². The zero-order valence-electron chi connectivity index (χ0n) is 11.4. The predicted octanol–water partition coefficient (Wildman–Crippen LogP) is -0.242. The zero-order chi connectivity index (χ0) is 14.9. The summed E-state index contributed by atoms with van der Waals surface area (Å²) in [6.45, 7) is 1.71. The fourth-order valence-corrected chi connectivity index (χ4v) is 4.78. The van der Waals surface area contributed by atoms with Crippen LogP contribution in [-0.4, -0.2) is 45.8 Å². The highest BCUT2D eigenvalue weighted by molar-refractivity contribution is 8.00. The molecule has 1 aromatic rings. The van der Waals surface area contributed by atoms with Crippen LogP contribution in [0.15, 0.2) is 5.16 Å². The van der Waals surface area contributed by atoms with E-state index in [1.807, 2.05) is 7.05 Å². The summed E-state index contributed by atoms with van der Waals surface area (Å²) in [5.41, 5.74) is 5.22. The Kier molecular flexibility index (Phi) is 4.38. The standard InChI is InChI=1S/C11H18N4O3S2/c1-7(10(12)16)19-11-14-13-9(15(11)2)5-8-3-4-20(17,18)6-8/h7-8H,3-6H2,1-2H3,(H2,12,16)/t7-,8+/m0/s1. The number of sulfone groups is 1. The van der Waals surface area contributed by atoms with Crippen LogP contribution in [0.4, 0.5) is 0 Å². The summed E-state index contributed by atoms with van der Waals surface area (Å²) < 4.78 is 24.7. The van der Waals surface area contributed by atoms with E-state index in [4.69, 9.17) is 5.73 Å². The number of hydrogen-bond donors (Lipinski definition) is 1. The van der Waals surface area contributed by atoms with Crippen LogP contribution in [-0.2, 0) is 28.1 Å². The number of amides is 1. The van der Waals surface area contributed by atoms with Crippen molar-refractivity contribution < 1.29 is 13.2 Å². The Bertz CT molecular complexity index is 611. The molecule has 2 atom stereocenters. The first kappa shape index (κ1) is 15.3. The first-order chi connectivity index (χ1) is 9.28. The Morgan fingerprint density at radius 3 is 2.80 bits per heavy atom. The molecule has 1 aromatic heterocycles. The van der Waals surface area contributed by atoms with Crippen molar-refractivity contribution in [3.8, 4) is 0 Å². The van der Waals surface area contributed by atoms with Gasteiger partial charge in [-0.3, -0.25) is 4.79 Å². The molecule has 0 unspecified atom stereocenters. The van der Waals surface area contributed by atoms with Gasteiger partial charge in [-0.05, 0) is 19.3 Å². The highest BCUT2D eigenvalue weighted by atomic mass is 32.2. The maximum atomic E-state index is 11.4. The van der Waals surface area contributed by atoms with Crippen molar-refractivity contribution in [1.82, 2.24) is 14.8 Å². The molecule has 0 aliphatic carbocycles. The van der Waals surface area contributed by atoms with E-state index in [-0.39, 0.29) is 22.7 Å². The monoisotopic (exact) mass is 318 g/mol. The number of thioether (sulfide) groups is 1. The SMILES string of the molecule is C[C@H](Sc1nnc(C[C@H]2CCS(=O)(=O)C2)n1C)C(N)=O. The lowest BCUT2D eigenvalue weighted by Gasteiger charge is -2.09. The highest BCUT2D eigenvalue weighted by Crippen LogP contribution is 2.25. The van der Waals surface area contributed by atoms with Gasteiger partial charge in [0.2, 0.25) is 5.91 Å². The number of primary amides is 1. The molecule has 0 bridgehead atoms. The van der Waals surface area contributed by atoms with E-state index in [0.717, 1.165) is 5.82 Å². The van der Waals surface area contributed by atoms with Crippen molar-refractivity contribution in [3.63, 3.8) is 0 Å². The molecule has 1 amide bonds. The van der Waals surface area contributed by atoms with Crippen LogP contribution >= 0.6 is 11.8 Å². The van der Waals surface area contributed by atoms with Gasteiger partial charge in [0.1, 0.15) is 5.82 Å². The Labute approximate surface area is 122 Å². The zero-order valence-corrected chi connectivity index (χ0v) is 13.1. The highest BCUT2D eigenvalue weighted by Gasteiger charge is 2.29. The van der Waals surface area contributed by atoms with E-state index >= 15 is 0 Å². The smallest absolute Gasteiger partial charge is 0.230 e. The van der Waals surface area contributed by atoms with Crippen molar-refractivity contribution in [1.29, 1.82) is 0 Å². The van der Waals surface area contributed by atoms with Gasteiger partial charge < -0.3 is 10.3 Å². The lowest BCUT2D eigenvalue weighted by atomic mass is 10.1. The third-order valence-corrected chi connectivity index (χ3v) is 6.40. The maximum Gasteiger partial charge on any atom is 0.230 e. The molecule has 1 aliphatic heterocycles. The summed E-state index contributed by atoms with van der Waals surface area (Å²) in [6, 6.07) is 0. The molecule has 1 fully saturated rings. The largest absolute Gasteiger partial charge is 0.369 e. The quantitative estimate of drug-likeness (QED) is 0.751. The van der Waals surface area contributed by atoms with Gasteiger partial charge in [-0.1, -0.05) is 11.8 Å². The molecule has 112 valence electrons. The van der Waals surface area contributed by atoms with Gasteiger partial charge in [-0.2, -0.15) is 0 Å². The molecule has 0 spiro atoms. The van der Waals surface area contributed by atoms with Crippen molar-refractivity contribution >= 4 is 27.5 Å². The number of carbonyl (C=O) groups excluding carboxylic acids is 1. The summed E-state index contributed by atoms with van der Waals surface area (Å²) in [6.07, 6.45) is 1.27. The Hall–Kier alpha value is -1.09. The van der Waals surface area contributed by atoms with Crippen LogP contribution in [0.5, 0.6) is 0 Å². The van der Waals surface area contributed by atoms with Crippen molar-refractivity contribution in [3.05, 3.63) is 5.82 Å². The van der Waals surface area contributed by atoms with E-state index < -0.39 is 15.7 Å². The van der Waals surface area contributed by atoms with Gasteiger partial charge in [0, 0.05) is 13.5 Å². The number of rotatable bonds is 5. The van der Waals surface area contributed by atoms with Crippen LogP contribution in [0.25, 0.3) is 0 Å². The number of nitrogens with two attached hydrogens (primary N) is 1. The van der Waals surface area contributed by atoms with Crippen LogP contribution in [0.3, 0.4) is 0 Å². The van der Waals surface area contributed by atoms with Crippen LogP contribution in [0, 0.1) is 5.92 Å². The summed E-state index contributed by atoms with van der Waals surface area (Å²) in [7, 11) is -1.06. The van der Waals surface area contributed by atoms with Gasteiger partial charge in [0.15, 0.2) is 15.0 Å². The molecule has 1 saturated heterocycles. The van der Waals surface area contributed by atoms with Gasteiger partial charge in [-0.15, -0.1) is 10.2 Å². The molecule has 0 aromatic carbocycles. The average Bonchev–Trinajstić information content (AvgIpc) is 2.86. The molecule has 2 rings (SSSR count). The van der Waals surface area contributed by atoms with E-state index in [1.54, 1.807) is 11.5 Å². The van der Waals surface area contributed by atoms with Crippen molar-refractivity contribution in [2.24, 2.45) is 18.7 Å². The first-order valence-corrected chi connectivity index (χ1v) is 9.03. The van der Waals surface area contributed by atoms with E-state index in [0.29, 0.717) is 18.0 Å². The second-order valence-electron chi connectivity index (χ2n) is 5.09. The minimum Gasteiger partial charge on any atom is -0.369 e. The second-order valence-corrected chi connectivity index (χ2v) is 8.63. The second kappa shape index (κ2) is 5.72. The van der Waals surface area contributed by atoms with Crippen LogP contribution in [0.1, 0.15) is 19.2 Å². The van der Waals surface area contributed by atoms with Crippen LogP contribution in [0.2, 0.25) is 0 Å². The molecule has 7 nitrogen and oxygen atoms in total. The molecule has 0 radical (unpaired) electrons. The summed E-state index contributed by atoms with van der Waals surface area (Å²) in [4.78, 5) is 11.0. The lowest BCUT2D eigenvalue weighted by molar-refractivity contribution is -0.117. The number of carbonyl (C=O) groups is 1. The normalized spacial score (nSPS) is 22.8. The van der Waals surface area contributed by atoms with Gasteiger partial charge >= 0.3 is 0 Å². The average molecular weight is 318 g/mol. The van der Waals surface area contributed by atoms with Gasteiger partial charge in [0.25, 0.3) is 0 Å². The lowest BCUT2D eigenvalue weighted by Crippen LogP contribution is -2.23. The Morgan fingerprint density at radius 1 is 1.55 bits per heavy atom. The number of hydrogen-bond acceptors (Lipinski definition) is 6. The van der Waals surface area contributed by atoms with Gasteiger partial charge in [0.05, 0.1) is 16.8 Å². The minimum atomic E-state index is -2.88. The molecule has 9 heteroatoms.